The number of likely N-dealkylation sites (N-methyl/N-ethyl adjacent to an activating group) is 1. The van der Waals surface area contributed by atoms with Crippen LogP contribution in [0.25, 0.3) is 11.5 Å². The molecule has 1 N–H and O–H groups in total. The van der Waals surface area contributed by atoms with E-state index in [4.69, 9.17) is 20.9 Å². The lowest BCUT2D eigenvalue weighted by Crippen LogP contribution is -2.44. The number of hydrogen-bond donors (Lipinski definition) is 1. The molecule has 2 aromatic rings. The second-order valence-electron chi connectivity index (χ2n) is 5.65. The Kier molecular flexibility index (Phi) is 5.15. The van der Waals surface area contributed by atoms with Crippen molar-refractivity contribution in [3.8, 4) is 17.2 Å². The van der Waals surface area contributed by atoms with Crippen LogP contribution in [0, 0.1) is 0 Å². The Balaban J connectivity index is 1.89. The van der Waals surface area contributed by atoms with Crippen molar-refractivity contribution in [1.29, 1.82) is 0 Å². The second-order valence-corrected chi connectivity index (χ2v) is 6.08. The number of halogens is 1. The van der Waals surface area contributed by atoms with Gasteiger partial charge < -0.3 is 14.6 Å². The lowest BCUT2D eigenvalue weighted by molar-refractivity contribution is 0.190. The molecule has 1 atom stereocenters. The van der Waals surface area contributed by atoms with Crippen LogP contribution in [0.15, 0.2) is 22.7 Å². The van der Waals surface area contributed by atoms with Gasteiger partial charge in [-0.05, 0) is 31.7 Å². The molecule has 0 radical (unpaired) electrons. The van der Waals surface area contributed by atoms with Crippen molar-refractivity contribution in [2.24, 2.45) is 0 Å². The van der Waals surface area contributed by atoms with Crippen molar-refractivity contribution in [2.45, 2.75) is 19.4 Å². The van der Waals surface area contributed by atoms with E-state index in [2.05, 4.69) is 34.3 Å². The zero-order valence-corrected chi connectivity index (χ0v) is 14.1. The molecular weight excluding hydrogens is 316 g/mol. The molecule has 0 saturated carbocycles. The molecule has 124 valence electrons. The summed E-state index contributed by atoms with van der Waals surface area (Å²) in [5.41, 5.74) is 0.733. The van der Waals surface area contributed by atoms with Crippen LogP contribution in [0.4, 0.5) is 0 Å². The number of rotatable bonds is 5. The van der Waals surface area contributed by atoms with Crippen molar-refractivity contribution < 1.29 is 9.26 Å². The molecule has 1 saturated heterocycles. The molecule has 2 heterocycles. The maximum atomic E-state index is 6.12. The van der Waals surface area contributed by atoms with Crippen molar-refractivity contribution in [1.82, 2.24) is 20.4 Å². The molecule has 7 heteroatoms. The maximum Gasteiger partial charge on any atom is 0.261 e. The summed E-state index contributed by atoms with van der Waals surface area (Å²) >= 11 is 6.12. The summed E-state index contributed by atoms with van der Waals surface area (Å²) in [5, 5.41) is 8.11. The molecule has 0 bridgehead atoms. The van der Waals surface area contributed by atoms with E-state index in [-0.39, 0.29) is 6.04 Å². The van der Waals surface area contributed by atoms with E-state index < -0.39 is 0 Å². The quantitative estimate of drug-likeness (QED) is 0.905. The van der Waals surface area contributed by atoms with Gasteiger partial charge in [-0.25, -0.2) is 0 Å². The van der Waals surface area contributed by atoms with Crippen molar-refractivity contribution in [3.05, 3.63) is 29.0 Å². The second kappa shape index (κ2) is 7.29. The van der Waals surface area contributed by atoms with E-state index in [0.717, 1.165) is 31.6 Å². The third-order valence-electron chi connectivity index (χ3n) is 3.88. The summed E-state index contributed by atoms with van der Waals surface area (Å²) in [6.07, 6.45) is 0.926. The maximum absolute atomic E-state index is 6.12. The van der Waals surface area contributed by atoms with Crippen LogP contribution >= 0.6 is 11.6 Å². The van der Waals surface area contributed by atoms with E-state index in [1.54, 1.807) is 12.1 Å². The molecule has 1 aliphatic heterocycles. The summed E-state index contributed by atoms with van der Waals surface area (Å²) in [6, 6.07) is 5.55. The van der Waals surface area contributed by atoms with Gasteiger partial charge in [0.25, 0.3) is 5.89 Å². The highest BCUT2D eigenvalue weighted by atomic mass is 35.5. The van der Waals surface area contributed by atoms with E-state index in [1.165, 1.54) is 0 Å². The van der Waals surface area contributed by atoms with Gasteiger partial charge in [0.2, 0.25) is 0 Å². The third kappa shape index (κ3) is 3.65. The minimum Gasteiger partial charge on any atom is -0.493 e. The average Bonchev–Trinajstić information content (AvgIpc) is 3.03. The minimum absolute atomic E-state index is 0.112. The number of hydrogen-bond acceptors (Lipinski definition) is 6. The Morgan fingerprint density at radius 2 is 2.35 bits per heavy atom. The summed E-state index contributed by atoms with van der Waals surface area (Å²) in [5.74, 6) is 1.82. The molecule has 1 aromatic carbocycles. The van der Waals surface area contributed by atoms with Gasteiger partial charge in [0, 0.05) is 24.7 Å². The van der Waals surface area contributed by atoms with Crippen molar-refractivity contribution >= 4 is 11.6 Å². The van der Waals surface area contributed by atoms with Gasteiger partial charge in [0.05, 0.1) is 18.2 Å². The number of ether oxygens (including phenoxy) is 1. The highest BCUT2D eigenvalue weighted by molar-refractivity contribution is 6.30. The van der Waals surface area contributed by atoms with Gasteiger partial charge in [-0.1, -0.05) is 23.7 Å². The standard InChI is InChI=1S/C16H21ClN4O2/c1-3-8-22-14-5-4-11(17)9-12(14)16-19-15(20-23-16)13-10-18-6-7-21(13)2/h4-5,9,13,18H,3,6-8,10H2,1-2H3. The number of nitrogens with zero attached hydrogens (tertiary/aromatic N) is 3. The molecule has 1 fully saturated rings. The Labute approximate surface area is 140 Å². The lowest BCUT2D eigenvalue weighted by Gasteiger charge is -2.30. The zero-order valence-electron chi connectivity index (χ0n) is 13.4. The summed E-state index contributed by atoms with van der Waals surface area (Å²) in [4.78, 5) is 6.79. The van der Waals surface area contributed by atoms with Gasteiger partial charge >= 0.3 is 0 Å². The Bertz CT molecular complexity index is 661. The van der Waals surface area contributed by atoms with Crippen LogP contribution in [0.3, 0.4) is 0 Å². The van der Waals surface area contributed by atoms with Gasteiger partial charge in [-0.2, -0.15) is 4.98 Å². The molecule has 3 rings (SSSR count). The van der Waals surface area contributed by atoms with Crippen LogP contribution in [-0.2, 0) is 0 Å². The Hall–Kier alpha value is -1.63. The fraction of sp³-hybridized carbons (Fsp3) is 0.500. The molecule has 1 aliphatic rings. The first kappa shape index (κ1) is 16.2. The molecule has 1 unspecified atom stereocenters. The minimum atomic E-state index is 0.112. The fourth-order valence-corrected chi connectivity index (χ4v) is 2.75. The van der Waals surface area contributed by atoms with Crippen LogP contribution in [-0.4, -0.2) is 48.3 Å². The van der Waals surface area contributed by atoms with Crippen molar-refractivity contribution in [2.75, 3.05) is 33.3 Å². The van der Waals surface area contributed by atoms with Gasteiger partial charge in [0.15, 0.2) is 5.82 Å². The number of nitrogens with one attached hydrogen (secondary N) is 1. The summed E-state index contributed by atoms with van der Waals surface area (Å²) in [6.45, 7) is 5.43. The Morgan fingerprint density at radius 3 is 3.13 bits per heavy atom. The monoisotopic (exact) mass is 336 g/mol. The number of benzene rings is 1. The molecule has 0 amide bonds. The van der Waals surface area contributed by atoms with Gasteiger partial charge in [-0.3, -0.25) is 4.90 Å². The fourth-order valence-electron chi connectivity index (χ4n) is 2.58. The molecule has 0 spiro atoms. The largest absolute Gasteiger partial charge is 0.493 e. The predicted molar refractivity (Wildman–Crippen MR) is 88.8 cm³/mol. The van der Waals surface area contributed by atoms with Crippen LogP contribution in [0.5, 0.6) is 5.75 Å². The summed E-state index contributed by atoms with van der Waals surface area (Å²) < 4.78 is 11.2. The van der Waals surface area contributed by atoms with E-state index in [1.807, 2.05) is 6.07 Å². The molecule has 0 aliphatic carbocycles. The predicted octanol–water partition coefficient (Wildman–Crippen LogP) is 2.75. The van der Waals surface area contributed by atoms with Gasteiger partial charge in [0.1, 0.15) is 5.75 Å². The van der Waals surface area contributed by atoms with Crippen LogP contribution < -0.4 is 10.1 Å². The lowest BCUT2D eigenvalue weighted by atomic mass is 10.2. The van der Waals surface area contributed by atoms with Crippen LogP contribution in [0.2, 0.25) is 5.02 Å². The first-order chi connectivity index (χ1) is 11.2. The third-order valence-corrected chi connectivity index (χ3v) is 4.12. The molecule has 1 aromatic heterocycles. The molecule has 6 nitrogen and oxygen atoms in total. The van der Waals surface area contributed by atoms with Crippen molar-refractivity contribution in [3.63, 3.8) is 0 Å². The first-order valence-corrected chi connectivity index (χ1v) is 8.24. The number of piperazine rings is 1. The summed E-state index contributed by atoms with van der Waals surface area (Å²) in [7, 11) is 2.07. The zero-order chi connectivity index (χ0) is 16.2. The first-order valence-electron chi connectivity index (χ1n) is 7.86. The SMILES string of the molecule is CCCOc1ccc(Cl)cc1-c1nc(C2CNCCN2C)no1. The highest BCUT2D eigenvalue weighted by Gasteiger charge is 2.26. The Morgan fingerprint density at radius 1 is 1.48 bits per heavy atom. The van der Waals surface area contributed by atoms with E-state index in [9.17, 15) is 0 Å². The smallest absolute Gasteiger partial charge is 0.261 e. The topological polar surface area (TPSA) is 63.4 Å². The normalized spacial score (nSPS) is 19.0. The van der Waals surface area contributed by atoms with Gasteiger partial charge in [-0.15, -0.1) is 0 Å². The number of aromatic nitrogens is 2. The average molecular weight is 337 g/mol. The molecular formula is C16H21ClN4O2. The highest BCUT2D eigenvalue weighted by Crippen LogP contribution is 2.32. The van der Waals surface area contributed by atoms with E-state index in [0.29, 0.717) is 29.1 Å². The van der Waals surface area contributed by atoms with Crippen LogP contribution in [0.1, 0.15) is 25.2 Å². The van der Waals surface area contributed by atoms with E-state index >= 15 is 0 Å². The molecule has 23 heavy (non-hydrogen) atoms.